The number of rotatable bonds is 5. The normalized spacial score (nSPS) is 9.93. The number of aromatic nitrogens is 2. The zero-order valence-electron chi connectivity index (χ0n) is 8.14. The molecule has 1 aromatic heterocycles. The third-order valence-corrected chi connectivity index (χ3v) is 1.63. The number of anilines is 2. The molecule has 15 heavy (non-hydrogen) atoms. The molecule has 0 aliphatic rings. The summed E-state index contributed by atoms with van der Waals surface area (Å²) in [4.78, 5) is 17.3. The molecular formula is C7H11N5O3. The molecule has 8 nitrogen and oxygen atoms in total. The molecule has 0 aliphatic heterocycles. The summed E-state index contributed by atoms with van der Waals surface area (Å²) >= 11 is 0. The molecule has 0 saturated carbocycles. The molecule has 3 N–H and O–H groups in total. The summed E-state index contributed by atoms with van der Waals surface area (Å²) < 4.78 is 4.79. The number of nitro groups is 1. The van der Waals surface area contributed by atoms with Gasteiger partial charge in [0.1, 0.15) is 6.33 Å². The molecule has 0 unspecified atom stereocenters. The van der Waals surface area contributed by atoms with E-state index >= 15 is 0 Å². The molecule has 1 aromatic rings. The van der Waals surface area contributed by atoms with Crippen LogP contribution in [-0.4, -0.2) is 35.2 Å². The topological polar surface area (TPSA) is 116 Å². The molecule has 1 heterocycles. The van der Waals surface area contributed by atoms with Crippen molar-refractivity contribution in [3.8, 4) is 0 Å². The first-order valence-corrected chi connectivity index (χ1v) is 4.14. The van der Waals surface area contributed by atoms with Gasteiger partial charge in [-0.25, -0.2) is 9.97 Å². The van der Waals surface area contributed by atoms with Crippen molar-refractivity contribution in [1.29, 1.82) is 0 Å². The number of nitrogens with zero attached hydrogens (tertiary/aromatic N) is 3. The van der Waals surface area contributed by atoms with Gasteiger partial charge >= 0.3 is 5.69 Å². The van der Waals surface area contributed by atoms with Gasteiger partial charge in [-0.3, -0.25) is 10.1 Å². The first-order valence-electron chi connectivity index (χ1n) is 4.14. The first kappa shape index (κ1) is 11.1. The summed E-state index contributed by atoms with van der Waals surface area (Å²) in [5, 5.41) is 13.4. The monoisotopic (exact) mass is 213 g/mol. The van der Waals surface area contributed by atoms with E-state index in [-0.39, 0.29) is 17.3 Å². The summed E-state index contributed by atoms with van der Waals surface area (Å²) in [6.07, 6.45) is 1.16. The quantitative estimate of drug-likeness (QED) is 0.402. The Morgan fingerprint density at radius 1 is 1.67 bits per heavy atom. The molecule has 0 saturated heterocycles. The van der Waals surface area contributed by atoms with E-state index in [1.807, 2.05) is 0 Å². The van der Waals surface area contributed by atoms with E-state index in [1.54, 1.807) is 0 Å². The SMILES string of the molecule is COCCNc1ncnc(N)c1[N+](=O)[O-]. The van der Waals surface area contributed by atoms with Crippen molar-refractivity contribution in [3.05, 3.63) is 16.4 Å². The van der Waals surface area contributed by atoms with E-state index in [1.165, 1.54) is 7.11 Å². The lowest BCUT2D eigenvalue weighted by Crippen LogP contribution is -2.12. The third kappa shape index (κ3) is 2.74. The van der Waals surface area contributed by atoms with Gasteiger partial charge in [0, 0.05) is 13.7 Å². The molecule has 82 valence electrons. The summed E-state index contributed by atoms with van der Waals surface area (Å²) in [5.41, 5.74) is 5.05. The molecule has 0 fully saturated rings. The molecule has 0 aromatic carbocycles. The maximum absolute atomic E-state index is 10.6. The summed E-state index contributed by atoms with van der Waals surface area (Å²) in [6, 6.07) is 0. The van der Waals surface area contributed by atoms with Crippen LogP contribution in [0.4, 0.5) is 17.3 Å². The van der Waals surface area contributed by atoms with E-state index in [9.17, 15) is 10.1 Å². The number of methoxy groups -OCH3 is 1. The van der Waals surface area contributed by atoms with Crippen LogP contribution >= 0.6 is 0 Å². The van der Waals surface area contributed by atoms with Gasteiger partial charge in [-0.05, 0) is 0 Å². The Hall–Kier alpha value is -1.96. The van der Waals surface area contributed by atoms with E-state index in [2.05, 4.69) is 15.3 Å². The Morgan fingerprint density at radius 2 is 2.40 bits per heavy atom. The number of hydrogen-bond acceptors (Lipinski definition) is 7. The lowest BCUT2D eigenvalue weighted by molar-refractivity contribution is -0.383. The van der Waals surface area contributed by atoms with Crippen LogP contribution in [0.1, 0.15) is 0 Å². The summed E-state index contributed by atoms with van der Waals surface area (Å²) in [6.45, 7) is 0.828. The van der Waals surface area contributed by atoms with Gasteiger partial charge in [0.15, 0.2) is 0 Å². The van der Waals surface area contributed by atoms with E-state index in [0.29, 0.717) is 13.2 Å². The lowest BCUT2D eigenvalue weighted by Gasteiger charge is -2.05. The highest BCUT2D eigenvalue weighted by Gasteiger charge is 2.20. The molecule has 1 rings (SSSR count). The Balaban J connectivity index is 2.86. The largest absolute Gasteiger partial charge is 0.383 e. The lowest BCUT2D eigenvalue weighted by atomic mass is 10.4. The highest BCUT2D eigenvalue weighted by molar-refractivity contribution is 5.67. The summed E-state index contributed by atoms with van der Waals surface area (Å²) in [5.74, 6) is -0.0560. The average Bonchev–Trinajstić information content (AvgIpc) is 2.17. The zero-order chi connectivity index (χ0) is 11.3. The van der Waals surface area contributed by atoms with Crippen LogP contribution in [0.15, 0.2) is 6.33 Å². The molecule has 0 atom stereocenters. The highest BCUT2D eigenvalue weighted by atomic mass is 16.6. The Labute approximate surface area is 85.6 Å². The van der Waals surface area contributed by atoms with Crippen molar-refractivity contribution in [3.63, 3.8) is 0 Å². The number of nitrogen functional groups attached to an aromatic ring is 1. The van der Waals surface area contributed by atoms with Gasteiger partial charge in [-0.1, -0.05) is 0 Å². The van der Waals surface area contributed by atoms with E-state index in [0.717, 1.165) is 6.33 Å². The van der Waals surface area contributed by atoms with Crippen LogP contribution in [0.5, 0.6) is 0 Å². The zero-order valence-corrected chi connectivity index (χ0v) is 8.14. The number of nitrogens with two attached hydrogens (primary N) is 1. The van der Waals surface area contributed by atoms with Crippen LogP contribution in [0, 0.1) is 10.1 Å². The molecule has 0 bridgehead atoms. The maximum Gasteiger partial charge on any atom is 0.352 e. The van der Waals surface area contributed by atoms with Crippen molar-refractivity contribution in [2.24, 2.45) is 0 Å². The van der Waals surface area contributed by atoms with Gasteiger partial charge in [-0.15, -0.1) is 0 Å². The second-order valence-corrected chi connectivity index (χ2v) is 2.63. The van der Waals surface area contributed by atoms with Crippen LogP contribution in [0.2, 0.25) is 0 Å². The molecule has 8 heteroatoms. The van der Waals surface area contributed by atoms with Gasteiger partial charge in [-0.2, -0.15) is 0 Å². The molecule has 0 spiro atoms. The smallest absolute Gasteiger partial charge is 0.352 e. The second kappa shape index (κ2) is 5.05. The van der Waals surface area contributed by atoms with Gasteiger partial charge < -0.3 is 15.8 Å². The maximum atomic E-state index is 10.6. The predicted molar refractivity (Wildman–Crippen MR) is 53.5 cm³/mol. The minimum atomic E-state index is -0.621. The molecular weight excluding hydrogens is 202 g/mol. The fourth-order valence-corrected chi connectivity index (χ4v) is 0.973. The van der Waals surface area contributed by atoms with Crippen molar-refractivity contribution < 1.29 is 9.66 Å². The fraction of sp³-hybridized carbons (Fsp3) is 0.429. The van der Waals surface area contributed by atoms with Crippen LogP contribution < -0.4 is 11.1 Å². The van der Waals surface area contributed by atoms with E-state index < -0.39 is 4.92 Å². The van der Waals surface area contributed by atoms with Crippen molar-refractivity contribution in [1.82, 2.24) is 9.97 Å². The Kier molecular flexibility index (Phi) is 3.75. The van der Waals surface area contributed by atoms with Crippen LogP contribution in [0.3, 0.4) is 0 Å². The minimum Gasteiger partial charge on any atom is -0.383 e. The minimum absolute atomic E-state index is 0.101. The number of nitrogens with one attached hydrogen (secondary N) is 1. The third-order valence-electron chi connectivity index (χ3n) is 1.63. The Morgan fingerprint density at radius 3 is 3.00 bits per heavy atom. The van der Waals surface area contributed by atoms with E-state index in [4.69, 9.17) is 10.5 Å². The molecule has 0 amide bonds. The fourth-order valence-electron chi connectivity index (χ4n) is 0.973. The van der Waals surface area contributed by atoms with Crippen molar-refractivity contribution in [2.45, 2.75) is 0 Å². The highest BCUT2D eigenvalue weighted by Crippen LogP contribution is 2.25. The van der Waals surface area contributed by atoms with Gasteiger partial charge in [0.2, 0.25) is 11.6 Å². The second-order valence-electron chi connectivity index (χ2n) is 2.63. The number of ether oxygens (including phenoxy) is 1. The standard InChI is InChI=1S/C7H11N5O3/c1-15-3-2-9-7-5(12(13)14)6(8)10-4-11-7/h4H,2-3H2,1H3,(H3,8,9,10,11). The van der Waals surface area contributed by atoms with Gasteiger partial charge in [0.25, 0.3) is 0 Å². The van der Waals surface area contributed by atoms with Crippen molar-refractivity contribution >= 4 is 17.3 Å². The summed E-state index contributed by atoms with van der Waals surface area (Å²) in [7, 11) is 1.53. The van der Waals surface area contributed by atoms with Crippen LogP contribution in [-0.2, 0) is 4.74 Å². The molecule has 0 radical (unpaired) electrons. The average molecular weight is 213 g/mol. The van der Waals surface area contributed by atoms with Gasteiger partial charge in [0.05, 0.1) is 11.5 Å². The van der Waals surface area contributed by atoms with Crippen molar-refractivity contribution in [2.75, 3.05) is 31.3 Å². The van der Waals surface area contributed by atoms with Crippen LogP contribution in [0.25, 0.3) is 0 Å². The number of hydrogen-bond donors (Lipinski definition) is 2. The predicted octanol–water partition coefficient (Wildman–Crippen LogP) is 0.0253. The Bertz CT molecular complexity index is 356. The molecule has 0 aliphatic carbocycles. The first-order chi connectivity index (χ1) is 7.16.